The number of carboxylic acid groups (broad SMARTS) is 2. The zero-order valence-electron chi connectivity index (χ0n) is 57.0. The van der Waals surface area contributed by atoms with Crippen LogP contribution in [0.5, 0.6) is 0 Å². The van der Waals surface area contributed by atoms with Gasteiger partial charge in [0.1, 0.15) is 54.4 Å². The summed E-state index contributed by atoms with van der Waals surface area (Å²) in [5, 5.41) is 58.6. The van der Waals surface area contributed by atoms with E-state index in [9.17, 15) is 91.7 Å². The van der Waals surface area contributed by atoms with Gasteiger partial charge >= 0.3 is 11.9 Å². The van der Waals surface area contributed by atoms with Crippen molar-refractivity contribution in [2.24, 2.45) is 17.4 Å². The normalized spacial score (nSPS) is 19.4. The van der Waals surface area contributed by atoms with Crippen LogP contribution in [0.1, 0.15) is 123 Å². The minimum atomic E-state index is -1.66. The van der Waals surface area contributed by atoms with E-state index in [2.05, 4.69) is 63.8 Å². The number of nitrogens with zero attached hydrogens (tertiary/aromatic N) is 3. The summed E-state index contributed by atoms with van der Waals surface area (Å²) >= 11 is 0. The van der Waals surface area contributed by atoms with Gasteiger partial charge in [0, 0.05) is 32.5 Å². The monoisotopic (exact) mass is 1420 g/mol. The van der Waals surface area contributed by atoms with Gasteiger partial charge in [-0.1, -0.05) is 50.6 Å². The standard InChI is InChI=1S/C64H97N17O20/c1-4-35(2)53(77-57(93)41(29-46(66)83)74-48(85)30-68-55(91)38-17-10-24-67-38)61(97)69-32-49(86)75-42(28-37-14-6-5-7-15-37)63(99)81-27-13-18-43(81)58(94)72-34-51(88)79-25-11-19-44(79)59(95)76-39(16-8-9-23-65)56(92)71-33-50(87)80-26-12-20-45(80)60(96)78-54(36(3)82)62(98)70-31-47(84)73-40(64(100)101)21-22-52(89)90/h5-7,14-15,35-36,38-45,53-54,67,82H,4,8-13,16-34,65H2,1-3H3,(H2,66,83)(H,68,91)(H,69,97)(H,70,98)(H,71,92)(H,72,94)(H,73,84)(H,74,85)(H,75,86)(H,76,95)(H,77,93)(H,78,96)(H,89,90)(H,100,101)/t35-,36+,38-,39-,40-,41-,42-,43-,44-,45-,53-,54-/m0/s1. The Labute approximate surface area is 582 Å². The lowest BCUT2D eigenvalue weighted by Crippen LogP contribution is -2.58. The molecular formula is C64H97N17O20. The minimum Gasteiger partial charge on any atom is -0.481 e. The first-order valence-corrected chi connectivity index (χ1v) is 34.0. The first kappa shape index (κ1) is 81.8. The summed E-state index contributed by atoms with van der Waals surface area (Å²) in [4.78, 5) is 228. The lowest BCUT2D eigenvalue weighted by molar-refractivity contribution is -0.143. The van der Waals surface area contributed by atoms with Crippen LogP contribution in [0.3, 0.4) is 0 Å². The molecule has 4 saturated heterocycles. The molecule has 19 N–H and O–H groups in total. The maximum absolute atomic E-state index is 14.5. The van der Waals surface area contributed by atoms with Crippen molar-refractivity contribution < 1.29 is 96.8 Å². The number of nitrogens with one attached hydrogen (secondary N) is 12. The number of aliphatic hydroxyl groups is 1. The Morgan fingerprint density at radius 2 is 1.05 bits per heavy atom. The van der Waals surface area contributed by atoms with E-state index in [0.29, 0.717) is 57.1 Å². The van der Waals surface area contributed by atoms with Crippen LogP contribution in [0, 0.1) is 5.92 Å². The van der Waals surface area contributed by atoms with E-state index in [0.717, 1.165) is 11.3 Å². The molecule has 15 amide bonds. The zero-order valence-corrected chi connectivity index (χ0v) is 57.0. The Balaban J connectivity index is 1.15. The molecule has 0 aliphatic carbocycles. The number of carbonyl (C=O) groups excluding carboxylic acids is 15. The highest BCUT2D eigenvalue weighted by molar-refractivity contribution is 6.00. The highest BCUT2D eigenvalue weighted by Gasteiger charge is 2.42. The summed E-state index contributed by atoms with van der Waals surface area (Å²) in [7, 11) is 0. The fourth-order valence-corrected chi connectivity index (χ4v) is 12.1. The molecule has 4 aliphatic rings. The van der Waals surface area contributed by atoms with Crippen molar-refractivity contribution in [2.75, 3.05) is 65.4 Å². The fourth-order valence-electron chi connectivity index (χ4n) is 12.1. The number of hydrogen-bond donors (Lipinski definition) is 17. The maximum atomic E-state index is 14.5. The van der Waals surface area contributed by atoms with Gasteiger partial charge in [0.15, 0.2) is 0 Å². The van der Waals surface area contributed by atoms with Gasteiger partial charge in [-0.2, -0.15) is 0 Å². The molecule has 0 unspecified atom stereocenters. The van der Waals surface area contributed by atoms with Gasteiger partial charge in [0.25, 0.3) is 0 Å². The molecule has 1 aromatic rings. The number of aliphatic hydroxyl groups excluding tert-OH is 1. The molecule has 0 radical (unpaired) electrons. The average Bonchev–Trinajstić information content (AvgIpc) is 1.69. The van der Waals surface area contributed by atoms with E-state index < -0.39 is 225 Å². The highest BCUT2D eigenvalue weighted by atomic mass is 16.4. The molecule has 0 aromatic heterocycles. The lowest BCUT2D eigenvalue weighted by Gasteiger charge is -2.30. The third-order valence-electron chi connectivity index (χ3n) is 17.8. The second-order valence-electron chi connectivity index (χ2n) is 25.4. The second kappa shape index (κ2) is 41.0. The largest absolute Gasteiger partial charge is 0.481 e. The molecule has 4 aliphatic heterocycles. The third kappa shape index (κ3) is 26.0. The summed E-state index contributed by atoms with van der Waals surface area (Å²) in [6.07, 6.45) is 0.814. The Morgan fingerprint density at radius 1 is 0.535 bits per heavy atom. The molecule has 12 atom stereocenters. The Bertz CT molecular complexity index is 3150. The van der Waals surface area contributed by atoms with Crippen LogP contribution in [0.4, 0.5) is 0 Å². The van der Waals surface area contributed by atoms with Gasteiger partial charge in [-0.25, -0.2) is 4.79 Å². The Morgan fingerprint density at radius 3 is 1.58 bits per heavy atom. The first-order valence-electron chi connectivity index (χ1n) is 34.0. The van der Waals surface area contributed by atoms with Crippen molar-refractivity contribution in [3.8, 4) is 0 Å². The molecule has 0 saturated carbocycles. The minimum absolute atomic E-state index is 0.0528. The van der Waals surface area contributed by atoms with Crippen molar-refractivity contribution in [1.29, 1.82) is 0 Å². The van der Waals surface area contributed by atoms with Crippen LogP contribution in [0.2, 0.25) is 0 Å². The van der Waals surface area contributed by atoms with Crippen LogP contribution in [-0.4, -0.2) is 263 Å². The van der Waals surface area contributed by atoms with Gasteiger partial charge in [-0.05, 0) is 109 Å². The van der Waals surface area contributed by atoms with Gasteiger partial charge in [0.05, 0.1) is 51.3 Å². The smallest absolute Gasteiger partial charge is 0.326 e. The number of hydrogen-bond acceptors (Lipinski definition) is 20. The van der Waals surface area contributed by atoms with E-state index in [4.69, 9.17) is 16.6 Å². The quantitative estimate of drug-likeness (QED) is 0.0272. The molecule has 5 rings (SSSR count). The van der Waals surface area contributed by atoms with Crippen LogP contribution in [0.25, 0.3) is 0 Å². The number of nitrogens with two attached hydrogens (primary N) is 2. The molecule has 1 aromatic carbocycles. The van der Waals surface area contributed by atoms with Gasteiger partial charge in [0.2, 0.25) is 88.6 Å². The maximum Gasteiger partial charge on any atom is 0.326 e. The van der Waals surface area contributed by atoms with Crippen molar-refractivity contribution in [2.45, 2.75) is 190 Å². The fraction of sp³-hybridized carbons (Fsp3) is 0.641. The molecule has 4 fully saturated rings. The molecule has 4 heterocycles. The van der Waals surface area contributed by atoms with Crippen molar-refractivity contribution in [1.82, 2.24) is 78.5 Å². The average molecular weight is 1420 g/mol. The summed E-state index contributed by atoms with van der Waals surface area (Å²) in [5.41, 5.74) is 11.8. The summed E-state index contributed by atoms with van der Waals surface area (Å²) in [6.45, 7) is 2.42. The molecule has 37 nitrogen and oxygen atoms in total. The van der Waals surface area contributed by atoms with E-state index in [1.807, 2.05) is 0 Å². The van der Waals surface area contributed by atoms with E-state index in [1.54, 1.807) is 44.2 Å². The van der Waals surface area contributed by atoms with Gasteiger partial charge in [-0.3, -0.25) is 76.7 Å². The van der Waals surface area contributed by atoms with Crippen molar-refractivity contribution in [3.63, 3.8) is 0 Å². The number of unbranched alkanes of at least 4 members (excludes halogenated alkanes) is 1. The summed E-state index contributed by atoms with van der Waals surface area (Å²) in [5.74, 6) is -15.3. The SMILES string of the molecule is CC[C@H](C)[C@H](NC(=O)[C@H](CC(N)=O)NC(=O)CNC(=O)[C@@H]1CCCN1)C(=O)NCC(=O)N[C@@H](Cc1ccccc1)C(=O)N1CCC[C@H]1C(=O)NCC(=O)N1CCC[C@H]1C(=O)N[C@@H](CCCCN)C(=O)NCC(=O)N1CCC[C@H]1C(=O)N[C@H](C(=O)NCC(=O)N[C@@H](CCC(=O)O)C(=O)O)[C@@H](C)O. The number of likely N-dealkylation sites (tertiary alicyclic amines) is 3. The molecule has 558 valence electrons. The molecule has 101 heavy (non-hydrogen) atoms. The number of benzene rings is 1. The van der Waals surface area contributed by atoms with E-state index in [1.165, 1.54) is 16.7 Å². The number of carbonyl (C=O) groups is 17. The summed E-state index contributed by atoms with van der Waals surface area (Å²) in [6, 6.07) is -3.85. The number of primary amides is 1. The second-order valence-corrected chi connectivity index (χ2v) is 25.4. The van der Waals surface area contributed by atoms with Crippen molar-refractivity contribution >= 4 is 101 Å². The first-order chi connectivity index (χ1) is 48.0. The van der Waals surface area contributed by atoms with Crippen molar-refractivity contribution in [3.05, 3.63) is 35.9 Å². The zero-order chi connectivity index (χ0) is 74.5. The molecule has 37 heteroatoms. The van der Waals surface area contributed by atoms with Crippen LogP contribution in [0.15, 0.2) is 30.3 Å². The van der Waals surface area contributed by atoms with Crippen LogP contribution < -0.4 is 75.3 Å². The Hall–Kier alpha value is -9.91. The summed E-state index contributed by atoms with van der Waals surface area (Å²) < 4.78 is 0. The predicted octanol–water partition coefficient (Wildman–Crippen LogP) is -7.18. The number of rotatable bonds is 40. The van der Waals surface area contributed by atoms with E-state index >= 15 is 0 Å². The number of amides is 15. The topological polar surface area (TPSA) is 557 Å². The molecule has 0 spiro atoms. The van der Waals surface area contributed by atoms with Gasteiger partial charge < -0.3 is 105 Å². The lowest BCUT2D eigenvalue weighted by atomic mass is 9.97. The van der Waals surface area contributed by atoms with Crippen LogP contribution >= 0.6 is 0 Å². The molecule has 0 bridgehead atoms. The molecular weight excluding hydrogens is 1330 g/mol. The Kier molecular flexibility index (Phi) is 33.2. The number of aliphatic carboxylic acids is 2. The predicted molar refractivity (Wildman–Crippen MR) is 354 cm³/mol. The van der Waals surface area contributed by atoms with Crippen LogP contribution in [-0.2, 0) is 87.9 Å². The third-order valence-corrected chi connectivity index (χ3v) is 17.8. The van der Waals surface area contributed by atoms with E-state index in [-0.39, 0.29) is 58.3 Å². The highest BCUT2D eigenvalue weighted by Crippen LogP contribution is 2.23. The van der Waals surface area contributed by atoms with Gasteiger partial charge in [-0.15, -0.1) is 0 Å². The number of carboxylic acids is 2.